The largest absolute Gasteiger partial charge is 0.292 e. The van der Waals surface area contributed by atoms with Gasteiger partial charge in [-0.3, -0.25) is 14.8 Å². The van der Waals surface area contributed by atoms with Crippen molar-refractivity contribution >= 4 is 22.6 Å². The van der Waals surface area contributed by atoms with Crippen LogP contribution in [-0.2, 0) is 0 Å². The Bertz CT molecular complexity index is 349. The smallest absolute Gasteiger partial charge is 0.187 e. The van der Waals surface area contributed by atoms with Crippen LogP contribution in [0.5, 0.6) is 0 Å². The van der Waals surface area contributed by atoms with Crippen LogP contribution in [0.4, 0.5) is 0 Å². The van der Waals surface area contributed by atoms with Crippen molar-refractivity contribution in [3.8, 4) is 0 Å². The molecule has 1 aromatic rings. The topological polar surface area (TPSA) is 42.3 Å². The van der Waals surface area contributed by atoms with Gasteiger partial charge in [0.05, 0.1) is 11.5 Å². The molecule has 80 valence electrons. The lowest BCUT2D eigenvalue weighted by Crippen LogP contribution is -2.07. The molecule has 0 N–H and O–H groups in total. The van der Waals surface area contributed by atoms with Crippen LogP contribution >= 0.6 is 11.8 Å². The fourth-order valence-corrected chi connectivity index (χ4v) is 1.66. The highest BCUT2D eigenvalue weighted by molar-refractivity contribution is 8.13. The first-order valence-electron chi connectivity index (χ1n) is 4.79. The van der Waals surface area contributed by atoms with Crippen LogP contribution in [0, 0.1) is 0 Å². The maximum atomic E-state index is 11.7. The molecule has 15 heavy (non-hydrogen) atoms. The van der Waals surface area contributed by atoms with E-state index in [1.165, 1.54) is 11.8 Å². The third-order valence-electron chi connectivity index (χ3n) is 1.83. The Morgan fingerprint density at radius 2 is 2.33 bits per heavy atom. The second-order valence-corrected chi connectivity index (χ2v) is 3.77. The van der Waals surface area contributed by atoms with Crippen molar-refractivity contribution in [1.82, 2.24) is 4.98 Å². The zero-order valence-corrected chi connectivity index (χ0v) is 9.75. The number of rotatable bonds is 4. The highest BCUT2D eigenvalue weighted by Gasteiger charge is 2.09. The van der Waals surface area contributed by atoms with Crippen molar-refractivity contribution in [2.75, 3.05) is 12.8 Å². The number of hydrogen-bond acceptors (Lipinski definition) is 4. The van der Waals surface area contributed by atoms with Crippen molar-refractivity contribution in [2.24, 2.45) is 4.99 Å². The molecule has 1 aromatic heterocycles. The van der Waals surface area contributed by atoms with Gasteiger partial charge in [0, 0.05) is 12.7 Å². The second kappa shape index (κ2) is 6.35. The van der Waals surface area contributed by atoms with Crippen LogP contribution in [0.1, 0.15) is 23.8 Å². The van der Waals surface area contributed by atoms with Gasteiger partial charge in [0.1, 0.15) is 5.69 Å². The number of pyridine rings is 1. The molecule has 0 radical (unpaired) electrons. The molecule has 0 aliphatic rings. The van der Waals surface area contributed by atoms with E-state index in [1.807, 2.05) is 19.2 Å². The van der Waals surface area contributed by atoms with Crippen molar-refractivity contribution in [2.45, 2.75) is 13.3 Å². The SMILES string of the molecule is CCN=C(CC(=O)c1ccccn1)SC. The van der Waals surface area contributed by atoms with E-state index in [4.69, 9.17) is 0 Å². The summed E-state index contributed by atoms with van der Waals surface area (Å²) in [4.78, 5) is 20.0. The number of aliphatic imine (C=N–C) groups is 1. The summed E-state index contributed by atoms with van der Waals surface area (Å²) in [6, 6.07) is 5.34. The summed E-state index contributed by atoms with van der Waals surface area (Å²) in [7, 11) is 0. The van der Waals surface area contributed by atoms with Gasteiger partial charge in [0.15, 0.2) is 5.78 Å². The van der Waals surface area contributed by atoms with E-state index in [1.54, 1.807) is 18.3 Å². The monoisotopic (exact) mass is 222 g/mol. The van der Waals surface area contributed by atoms with Gasteiger partial charge >= 0.3 is 0 Å². The molecule has 3 nitrogen and oxygen atoms in total. The zero-order valence-electron chi connectivity index (χ0n) is 8.93. The van der Waals surface area contributed by atoms with Gasteiger partial charge in [0.2, 0.25) is 0 Å². The summed E-state index contributed by atoms with van der Waals surface area (Å²) in [5.41, 5.74) is 0.510. The summed E-state index contributed by atoms with van der Waals surface area (Å²) in [6.07, 6.45) is 3.91. The Kier molecular flexibility index (Phi) is 5.04. The third kappa shape index (κ3) is 3.83. The molecule has 4 heteroatoms. The molecule has 0 amide bonds. The van der Waals surface area contributed by atoms with Crippen LogP contribution in [0.25, 0.3) is 0 Å². The summed E-state index contributed by atoms with van der Waals surface area (Å²) in [5.74, 6) is 0.0251. The highest BCUT2D eigenvalue weighted by atomic mass is 32.2. The quantitative estimate of drug-likeness (QED) is 0.446. The number of carbonyl (C=O) groups excluding carboxylic acids is 1. The predicted molar refractivity (Wildman–Crippen MR) is 64.7 cm³/mol. The van der Waals surface area contributed by atoms with Crippen molar-refractivity contribution < 1.29 is 4.79 Å². The van der Waals surface area contributed by atoms with Crippen molar-refractivity contribution in [1.29, 1.82) is 0 Å². The minimum absolute atomic E-state index is 0.0251. The average Bonchev–Trinajstić information content (AvgIpc) is 2.29. The lowest BCUT2D eigenvalue weighted by atomic mass is 10.2. The average molecular weight is 222 g/mol. The number of hydrogen-bond donors (Lipinski definition) is 0. The molecule has 0 saturated heterocycles. The molecule has 0 saturated carbocycles. The van der Waals surface area contributed by atoms with Crippen molar-refractivity contribution in [3.63, 3.8) is 0 Å². The van der Waals surface area contributed by atoms with Gasteiger partial charge in [-0.1, -0.05) is 6.07 Å². The van der Waals surface area contributed by atoms with E-state index in [9.17, 15) is 4.79 Å². The predicted octanol–water partition coefficient (Wildman–Crippen LogP) is 2.44. The summed E-state index contributed by atoms with van der Waals surface area (Å²) in [5, 5.41) is 0.869. The lowest BCUT2D eigenvalue weighted by Gasteiger charge is -2.01. The van der Waals surface area contributed by atoms with E-state index in [0.717, 1.165) is 5.04 Å². The first kappa shape index (κ1) is 11.9. The fourth-order valence-electron chi connectivity index (χ4n) is 1.12. The number of carbonyl (C=O) groups is 1. The molecule has 0 spiro atoms. The molecule has 0 aliphatic carbocycles. The van der Waals surface area contributed by atoms with E-state index >= 15 is 0 Å². The van der Waals surface area contributed by atoms with Gasteiger partial charge in [-0.2, -0.15) is 0 Å². The minimum Gasteiger partial charge on any atom is -0.292 e. The van der Waals surface area contributed by atoms with E-state index in [0.29, 0.717) is 18.7 Å². The van der Waals surface area contributed by atoms with Crippen LogP contribution in [0.15, 0.2) is 29.4 Å². The number of thioether (sulfide) groups is 1. The van der Waals surface area contributed by atoms with Crippen molar-refractivity contribution in [3.05, 3.63) is 30.1 Å². The fraction of sp³-hybridized carbons (Fsp3) is 0.364. The molecule has 0 fully saturated rings. The Balaban J connectivity index is 2.67. The third-order valence-corrected chi connectivity index (χ3v) is 2.58. The molecule has 1 rings (SSSR count). The van der Waals surface area contributed by atoms with E-state index < -0.39 is 0 Å². The normalized spacial score (nSPS) is 11.5. The molecular weight excluding hydrogens is 208 g/mol. The Morgan fingerprint density at radius 3 is 2.87 bits per heavy atom. The number of nitrogens with zero attached hydrogens (tertiary/aromatic N) is 2. The van der Waals surface area contributed by atoms with Gasteiger partial charge in [-0.05, 0) is 25.3 Å². The molecule has 1 heterocycles. The summed E-state index contributed by atoms with van der Waals surface area (Å²) in [6.45, 7) is 2.67. The standard InChI is InChI=1S/C11H14N2OS/c1-3-12-11(15-2)8-10(14)9-6-4-5-7-13-9/h4-7H,3,8H2,1-2H3. The van der Waals surface area contributed by atoms with Crippen LogP contribution < -0.4 is 0 Å². The number of ketones is 1. The van der Waals surface area contributed by atoms with Crippen LogP contribution in [-0.4, -0.2) is 28.6 Å². The van der Waals surface area contributed by atoms with Gasteiger partial charge < -0.3 is 0 Å². The number of aromatic nitrogens is 1. The maximum absolute atomic E-state index is 11.7. The second-order valence-electron chi connectivity index (χ2n) is 2.89. The Labute approximate surface area is 94.0 Å². The zero-order chi connectivity index (χ0) is 11.1. The Morgan fingerprint density at radius 1 is 1.53 bits per heavy atom. The molecular formula is C11H14N2OS. The van der Waals surface area contributed by atoms with Gasteiger partial charge in [-0.15, -0.1) is 11.8 Å². The summed E-state index contributed by atoms with van der Waals surface area (Å²) >= 11 is 1.52. The minimum atomic E-state index is 0.0251. The van der Waals surface area contributed by atoms with Crippen LogP contribution in [0.3, 0.4) is 0 Å². The highest BCUT2D eigenvalue weighted by Crippen LogP contribution is 2.07. The lowest BCUT2D eigenvalue weighted by molar-refractivity contribution is 0.0996. The maximum Gasteiger partial charge on any atom is 0.187 e. The molecule has 0 bridgehead atoms. The molecule has 0 atom stereocenters. The Hall–Kier alpha value is -1.16. The molecule has 0 unspecified atom stereocenters. The van der Waals surface area contributed by atoms with Crippen LogP contribution in [0.2, 0.25) is 0 Å². The first-order chi connectivity index (χ1) is 7.27. The molecule has 0 aromatic carbocycles. The molecule has 0 aliphatic heterocycles. The van der Waals surface area contributed by atoms with Gasteiger partial charge in [-0.25, -0.2) is 0 Å². The summed E-state index contributed by atoms with van der Waals surface area (Å²) < 4.78 is 0. The van der Waals surface area contributed by atoms with E-state index in [2.05, 4.69) is 9.98 Å². The first-order valence-corrected chi connectivity index (χ1v) is 6.02. The number of Topliss-reactive ketones (excluding diaryl/α,β-unsaturated/α-hetero) is 1. The van der Waals surface area contributed by atoms with Gasteiger partial charge in [0.25, 0.3) is 0 Å². The van der Waals surface area contributed by atoms with E-state index in [-0.39, 0.29) is 5.78 Å².